The molecule has 0 unspecified atom stereocenters. The molecule has 0 fully saturated rings. The second-order valence-electron chi connectivity index (χ2n) is 6.03. The van der Waals surface area contributed by atoms with E-state index in [4.69, 9.17) is 16.7 Å². The number of aliphatic hydroxyl groups excluding tert-OH is 1. The van der Waals surface area contributed by atoms with Gasteiger partial charge in [0.05, 0.1) is 16.7 Å². The average Bonchev–Trinajstić information content (AvgIpc) is 3.00. The Labute approximate surface area is 154 Å². The summed E-state index contributed by atoms with van der Waals surface area (Å²) >= 11 is 6.37. The zero-order valence-electron chi connectivity index (χ0n) is 13.7. The molecule has 0 spiro atoms. The molecule has 130 valence electrons. The number of fused-ring (bicyclic) bond motifs is 2. The van der Waals surface area contributed by atoms with Crippen molar-refractivity contribution in [3.05, 3.63) is 65.3 Å². The molecule has 4 rings (SSSR count). The number of aromatic nitrogens is 2. The minimum absolute atomic E-state index is 0.0401. The molecule has 2 N–H and O–H groups in total. The number of hydrogen-bond acceptors (Lipinski definition) is 3. The van der Waals surface area contributed by atoms with Gasteiger partial charge >= 0.3 is 6.09 Å². The van der Waals surface area contributed by atoms with Crippen molar-refractivity contribution in [1.29, 1.82) is 0 Å². The lowest BCUT2D eigenvalue weighted by molar-refractivity contribution is 0.198. The predicted molar refractivity (Wildman–Crippen MR) is 102 cm³/mol. The standard InChI is InChI=1S/C20H15ClN2O3/c21-19-15(10-13-3-1-2-4-16(13)22-19)18-11-14-9-12(7-8-24)5-6-17(14)23(18)20(25)26/h1-6,9-11,24H,7-8H2,(H,25,26). The number of aliphatic hydroxyl groups is 1. The number of rotatable bonds is 3. The van der Waals surface area contributed by atoms with E-state index in [1.54, 1.807) is 12.1 Å². The molecule has 2 aromatic carbocycles. The molecule has 26 heavy (non-hydrogen) atoms. The third kappa shape index (κ3) is 2.71. The van der Waals surface area contributed by atoms with Crippen LogP contribution in [0.15, 0.2) is 54.6 Å². The summed E-state index contributed by atoms with van der Waals surface area (Å²) in [7, 11) is 0. The van der Waals surface area contributed by atoms with Crippen molar-refractivity contribution in [3.8, 4) is 11.3 Å². The Balaban J connectivity index is 1.99. The molecule has 0 aliphatic rings. The highest BCUT2D eigenvalue weighted by atomic mass is 35.5. The molecule has 0 saturated carbocycles. The number of halogens is 1. The number of carbonyl (C=O) groups is 1. The molecule has 0 bridgehead atoms. The fourth-order valence-electron chi connectivity index (χ4n) is 3.23. The Morgan fingerprint density at radius 1 is 1.08 bits per heavy atom. The smallest absolute Gasteiger partial charge is 0.416 e. The van der Waals surface area contributed by atoms with Crippen LogP contribution in [-0.4, -0.2) is 32.5 Å². The summed E-state index contributed by atoms with van der Waals surface area (Å²) in [5, 5.41) is 20.8. The molecular weight excluding hydrogens is 352 g/mol. The largest absolute Gasteiger partial charge is 0.464 e. The first-order valence-corrected chi connectivity index (χ1v) is 8.50. The van der Waals surface area contributed by atoms with Crippen molar-refractivity contribution < 1.29 is 15.0 Å². The maximum absolute atomic E-state index is 11.9. The van der Waals surface area contributed by atoms with Gasteiger partial charge in [0.25, 0.3) is 0 Å². The van der Waals surface area contributed by atoms with Crippen LogP contribution >= 0.6 is 11.6 Å². The van der Waals surface area contributed by atoms with Gasteiger partial charge in [-0.15, -0.1) is 0 Å². The summed E-state index contributed by atoms with van der Waals surface area (Å²) in [6, 6.07) is 16.7. The summed E-state index contributed by atoms with van der Waals surface area (Å²) in [6.07, 6.45) is -0.573. The first kappa shape index (κ1) is 16.6. The quantitative estimate of drug-likeness (QED) is 0.521. The van der Waals surface area contributed by atoms with Gasteiger partial charge in [-0.3, -0.25) is 0 Å². The number of para-hydroxylation sites is 1. The third-order valence-corrected chi connectivity index (χ3v) is 4.70. The number of benzene rings is 2. The molecule has 0 radical (unpaired) electrons. The maximum Gasteiger partial charge on any atom is 0.416 e. The van der Waals surface area contributed by atoms with Crippen LogP contribution in [0.5, 0.6) is 0 Å². The van der Waals surface area contributed by atoms with Crippen LogP contribution in [0.25, 0.3) is 33.1 Å². The summed E-state index contributed by atoms with van der Waals surface area (Å²) in [4.78, 5) is 16.3. The molecule has 0 atom stereocenters. The number of hydrogen-bond donors (Lipinski definition) is 2. The number of pyridine rings is 1. The Kier molecular flexibility index (Phi) is 4.11. The van der Waals surface area contributed by atoms with Gasteiger partial charge in [0, 0.05) is 22.9 Å². The van der Waals surface area contributed by atoms with Crippen molar-refractivity contribution in [2.75, 3.05) is 6.61 Å². The van der Waals surface area contributed by atoms with Crippen LogP contribution in [0.3, 0.4) is 0 Å². The highest BCUT2D eigenvalue weighted by Gasteiger charge is 2.19. The fraction of sp³-hybridized carbons (Fsp3) is 0.100. The average molecular weight is 367 g/mol. The second-order valence-corrected chi connectivity index (χ2v) is 6.39. The molecule has 0 saturated heterocycles. The van der Waals surface area contributed by atoms with Gasteiger partial charge in [0.2, 0.25) is 0 Å². The monoisotopic (exact) mass is 366 g/mol. The zero-order valence-corrected chi connectivity index (χ0v) is 14.4. The van der Waals surface area contributed by atoms with E-state index in [1.165, 1.54) is 4.57 Å². The van der Waals surface area contributed by atoms with Crippen LogP contribution < -0.4 is 0 Å². The van der Waals surface area contributed by atoms with E-state index in [0.717, 1.165) is 21.9 Å². The van der Waals surface area contributed by atoms with Crippen LogP contribution in [0.1, 0.15) is 5.56 Å². The number of carboxylic acid groups (broad SMARTS) is 1. The van der Waals surface area contributed by atoms with E-state index in [0.29, 0.717) is 23.2 Å². The van der Waals surface area contributed by atoms with Gasteiger partial charge < -0.3 is 10.2 Å². The van der Waals surface area contributed by atoms with E-state index < -0.39 is 6.09 Å². The van der Waals surface area contributed by atoms with E-state index in [2.05, 4.69) is 4.98 Å². The molecule has 0 amide bonds. The molecule has 6 heteroatoms. The summed E-state index contributed by atoms with van der Waals surface area (Å²) < 4.78 is 1.22. The minimum Gasteiger partial charge on any atom is -0.464 e. The van der Waals surface area contributed by atoms with E-state index in [-0.39, 0.29) is 11.8 Å². The Bertz CT molecular complexity index is 1150. The SMILES string of the molecule is O=C(O)n1c(-c2cc3ccccc3nc2Cl)cc2cc(CCO)ccc21. The van der Waals surface area contributed by atoms with Gasteiger partial charge in [-0.05, 0) is 42.3 Å². The lowest BCUT2D eigenvalue weighted by Gasteiger charge is -2.08. The van der Waals surface area contributed by atoms with Gasteiger partial charge in [-0.1, -0.05) is 35.9 Å². The Morgan fingerprint density at radius 3 is 2.65 bits per heavy atom. The highest BCUT2D eigenvalue weighted by Crippen LogP contribution is 2.34. The first-order chi connectivity index (χ1) is 12.6. The van der Waals surface area contributed by atoms with Crippen molar-refractivity contribution >= 4 is 39.5 Å². The van der Waals surface area contributed by atoms with Crippen molar-refractivity contribution in [1.82, 2.24) is 9.55 Å². The van der Waals surface area contributed by atoms with Crippen LogP contribution in [0.2, 0.25) is 5.15 Å². The minimum atomic E-state index is -1.09. The van der Waals surface area contributed by atoms with Gasteiger partial charge in [-0.2, -0.15) is 0 Å². The van der Waals surface area contributed by atoms with Crippen LogP contribution in [0.4, 0.5) is 4.79 Å². The molecule has 0 aliphatic carbocycles. The van der Waals surface area contributed by atoms with E-state index >= 15 is 0 Å². The van der Waals surface area contributed by atoms with Crippen molar-refractivity contribution in [2.45, 2.75) is 6.42 Å². The molecule has 4 aromatic rings. The van der Waals surface area contributed by atoms with Crippen LogP contribution in [0, 0.1) is 0 Å². The highest BCUT2D eigenvalue weighted by molar-refractivity contribution is 6.32. The third-order valence-electron chi connectivity index (χ3n) is 4.41. The van der Waals surface area contributed by atoms with E-state index in [1.807, 2.05) is 42.5 Å². The second kappa shape index (κ2) is 6.44. The summed E-state index contributed by atoms with van der Waals surface area (Å²) in [5.41, 5.74) is 3.30. The summed E-state index contributed by atoms with van der Waals surface area (Å²) in [6.45, 7) is 0.0401. The summed E-state index contributed by atoms with van der Waals surface area (Å²) in [5.74, 6) is 0. The van der Waals surface area contributed by atoms with Gasteiger partial charge in [0.1, 0.15) is 5.15 Å². The molecular formula is C20H15ClN2O3. The van der Waals surface area contributed by atoms with Crippen molar-refractivity contribution in [3.63, 3.8) is 0 Å². The zero-order chi connectivity index (χ0) is 18.3. The van der Waals surface area contributed by atoms with Gasteiger partial charge in [0.15, 0.2) is 0 Å². The lowest BCUT2D eigenvalue weighted by Crippen LogP contribution is -2.09. The Hall–Kier alpha value is -2.89. The first-order valence-electron chi connectivity index (χ1n) is 8.12. The normalized spacial score (nSPS) is 11.3. The lowest BCUT2D eigenvalue weighted by atomic mass is 10.1. The Morgan fingerprint density at radius 2 is 1.88 bits per heavy atom. The van der Waals surface area contributed by atoms with E-state index in [9.17, 15) is 9.90 Å². The fourth-order valence-corrected chi connectivity index (χ4v) is 3.47. The topological polar surface area (TPSA) is 75.3 Å². The van der Waals surface area contributed by atoms with Crippen LogP contribution in [-0.2, 0) is 6.42 Å². The number of nitrogens with zero attached hydrogens (tertiary/aromatic N) is 2. The molecule has 0 aliphatic heterocycles. The molecule has 5 nitrogen and oxygen atoms in total. The predicted octanol–water partition coefficient (Wildman–Crippen LogP) is 4.57. The maximum atomic E-state index is 11.9. The molecule has 2 heterocycles. The molecule has 2 aromatic heterocycles. The van der Waals surface area contributed by atoms with Crippen molar-refractivity contribution in [2.24, 2.45) is 0 Å². The van der Waals surface area contributed by atoms with Gasteiger partial charge in [-0.25, -0.2) is 14.3 Å².